The number of likely N-dealkylation sites (tertiary alicyclic amines) is 1. The minimum atomic E-state index is -0.572. The second-order valence-corrected chi connectivity index (χ2v) is 9.12. The number of aliphatic hydroxyl groups excluding tert-OH is 1. The number of hydrogen-bond acceptors (Lipinski definition) is 3. The van der Waals surface area contributed by atoms with Crippen molar-refractivity contribution in [2.24, 2.45) is 5.41 Å². The van der Waals surface area contributed by atoms with Crippen molar-refractivity contribution in [2.75, 3.05) is 13.7 Å². The van der Waals surface area contributed by atoms with Gasteiger partial charge in [-0.15, -0.1) is 0 Å². The van der Waals surface area contributed by atoms with E-state index >= 15 is 0 Å². The van der Waals surface area contributed by atoms with Crippen LogP contribution in [0.5, 0.6) is 0 Å². The van der Waals surface area contributed by atoms with Gasteiger partial charge >= 0.3 is 5.97 Å². The molecular weight excluding hydrogens is 326 g/mol. The average Bonchev–Trinajstić information content (AvgIpc) is 3.16. The molecule has 6 unspecified atom stereocenters. The first-order chi connectivity index (χ1) is 12.4. The molecule has 1 heterocycles. The predicted octanol–water partition coefficient (Wildman–Crippen LogP) is 3.24. The van der Waals surface area contributed by atoms with Gasteiger partial charge in [0.1, 0.15) is 24.1 Å². The minimum absolute atomic E-state index is 0.00422. The molecule has 1 saturated heterocycles. The lowest BCUT2D eigenvalue weighted by atomic mass is 9.65. The SMILES string of the molecule is CC(C)[N+]1(C)C2CCCC23CC(OC(=O)C(CO)c2ccccc2)CC31. The summed E-state index contributed by atoms with van der Waals surface area (Å²) in [6, 6.07) is 11.5. The van der Waals surface area contributed by atoms with Gasteiger partial charge in [0.25, 0.3) is 0 Å². The van der Waals surface area contributed by atoms with Gasteiger partial charge in [0.2, 0.25) is 0 Å². The van der Waals surface area contributed by atoms with E-state index in [1.807, 2.05) is 30.3 Å². The Morgan fingerprint density at radius 3 is 2.69 bits per heavy atom. The minimum Gasteiger partial charge on any atom is -0.462 e. The van der Waals surface area contributed by atoms with Crippen LogP contribution >= 0.6 is 0 Å². The Kier molecular flexibility index (Phi) is 4.39. The summed E-state index contributed by atoms with van der Waals surface area (Å²) in [5, 5.41) is 9.74. The van der Waals surface area contributed by atoms with Gasteiger partial charge in [-0.1, -0.05) is 30.3 Å². The van der Waals surface area contributed by atoms with Crippen LogP contribution in [0, 0.1) is 5.41 Å². The second-order valence-electron chi connectivity index (χ2n) is 9.12. The van der Waals surface area contributed by atoms with Gasteiger partial charge in [0, 0.05) is 19.3 Å². The van der Waals surface area contributed by atoms with Crippen molar-refractivity contribution in [3.05, 3.63) is 35.9 Å². The van der Waals surface area contributed by atoms with Gasteiger partial charge in [-0.3, -0.25) is 4.79 Å². The Bertz CT molecular complexity index is 675. The molecule has 142 valence electrons. The van der Waals surface area contributed by atoms with E-state index < -0.39 is 5.92 Å². The number of esters is 1. The Hall–Kier alpha value is -1.39. The highest BCUT2D eigenvalue weighted by atomic mass is 16.5. The molecule has 1 aliphatic heterocycles. The maximum Gasteiger partial charge on any atom is 0.316 e. The number of ether oxygens (including phenoxy) is 1. The smallest absolute Gasteiger partial charge is 0.316 e. The van der Waals surface area contributed by atoms with E-state index in [1.165, 1.54) is 19.3 Å². The lowest BCUT2D eigenvalue weighted by molar-refractivity contribution is -1.03. The fourth-order valence-electron chi connectivity index (χ4n) is 6.64. The van der Waals surface area contributed by atoms with Crippen LogP contribution in [-0.2, 0) is 9.53 Å². The number of carbonyl (C=O) groups excluding carboxylic acids is 1. The monoisotopic (exact) mass is 358 g/mol. The summed E-state index contributed by atoms with van der Waals surface area (Å²) in [5.41, 5.74) is 1.23. The molecule has 26 heavy (non-hydrogen) atoms. The summed E-state index contributed by atoms with van der Waals surface area (Å²) in [6.07, 6.45) is 5.91. The van der Waals surface area contributed by atoms with Crippen LogP contribution in [0.4, 0.5) is 0 Å². The van der Waals surface area contributed by atoms with Crippen molar-refractivity contribution in [1.29, 1.82) is 0 Å². The molecule has 3 fully saturated rings. The molecule has 0 aromatic heterocycles. The number of quaternary nitrogens is 1. The van der Waals surface area contributed by atoms with E-state index in [0.717, 1.165) is 28.9 Å². The van der Waals surface area contributed by atoms with Gasteiger partial charge in [-0.2, -0.15) is 0 Å². The summed E-state index contributed by atoms with van der Waals surface area (Å²) in [4.78, 5) is 12.8. The fourth-order valence-corrected chi connectivity index (χ4v) is 6.64. The van der Waals surface area contributed by atoms with Crippen LogP contribution in [0.25, 0.3) is 0 Å². The van der Waals surface area contributed by atoms with Gasteiger partial charge in [0.05, 0.1) is 25.1 Å². The summed E-state index contributed by atoms with van der Waals surface area (Å²) in [6.45, 7) is 4.46. The zero-order valence-electron chi connectivity index (χ0n) is 16.2. The normalized spacial score (nSPS) is 39.2. The number of carbonyl (C=O) groups is 1. The van der Waals surface area contributed by atoms with Gasteiger partial charge in [0.15, 0.2) is 0 Å². The quantitative estimate of drug-likeness (QED) is 0.649. The average molecular weight is 359 g/mol. The molecule has 4 heteroatoms. The standard InChI is InChI=1S/C22H32NO3/c1-15(2)23(3)19-10-7-11-22(19)13-17(12-20(22)23)26-21(25)18(14-24)16-8-5-4-6-9-16/h4-6,8-9,15,17-20,24H,7,10-14H2,1-3H3/q+1. The van der Waals surface area contributed by atoms with Crippen molar-refractivity contribution in [2.45, 2.75) is 76.1 Å². The zero-order chi connectivity index (χ0) is 18.5. The van der Waals surface area contributed by atoms with Crippen molar-refractivity contribution in [1.82, 2.24) is 0 Å². The first-order valence-corrected chi connectivity index (χ1v) is 10.2. The zero-order valence-corrected chi connectivity index (χ0v) is 16.2. The van der Waals surface area contributed by atoms with Gasteiger partial charge in [-0.05, 0) is 32.3 Å². The topological polar surface area (TPSA) is 46.5 Å². The predicted molar refractivity (Wildman–Crippen MR) is 101 cm³/mol. The Morgan fingerprint density at radius 2 is 2.04 bits per heavy atom. The summed E-state index contributed by atoms with van der Waals surface area (Å²) >= 11 is 0. The van der Waals surface area contributed by atoms with Crippen LogP contribution in [0.3, 0.4) is 0 Å². The molecule has 2 saturated carbocycles. The number of nitrogens with zero attached hydrogens (tertiary/aromatic N) is 1. The molecule has 4 rings (SSSR count). The fraction of sp³-hybridized carbons (Fsp3) is 0.682. The van der Waals surface area contributed by atoms with Crippen molar-refractivity contribution >= 4 is 5.97 Å². The van der Waals surface area contributed by atoms with E-state index in [-0.39, 0.29) is 18.7 Å². The van der Waals surface area contributed by atoms with E-state index in [0.29, 0.717) is 17.5 Å². The van der Waals surface area contributed by atoms with E-state index in [2.05, 4.69) is 20.9 Å². The largest absolute Gasteiger partial charge is 0.462 e. The molecule has 1 N–H and O–H groups in total. The maximum atomic E-state index is 12.8. The molecule has 1 spiro atoms. The van der Waals surface area contributed by atoms with Crippen molar-refractivity contribution < 1.29 is 19.1 Å². The Morgan fingerprint density at radius 1 is 1.31 bits per heavy atom. The molecule has 4 nitrogen and oxygen atoms in total. The molecule has 2 aliphatic carbocycles. The van der Waals surface area contributed by atoms with E-state index in [4.69, 9.17) is 4.74 Å². The first-order valence-electron chi connectivity index (χ1n) is 10.2. The molecule has 0 radical (unpaired) electrons. The summed E-state index contributed by atoms with van der Waals surface area (Å²) in [5.74, 6) is -0.841. The highest BCUT2D eigenvalue weighted by Gasteiger charge is 2.76. The number of hydrogen-bond donors (Lipinski definition) is 1. The van der Waals surface area contributed by atoms with Crippen LogP contribution in [0.15, 0.2) is 30.3 Å². The Labute approximate surface area is 156 Å². The third-order valence-corrected chi connectivity index (χ3v) is 7.95. The lowest BCUT2D eigenvalue weighted by Gasteiger charge is -2.65. The molecule has 6 atom stereocenters. The van der Waals surface area contributed by atoms with Crippen LogP contribution in [0.1, 0.15) is 57.4 Å². The molecule has 3 aliphatic rings. The van der Waals surface area contributed by atoms with Crippen LogP contribution in [-0.4, -0.2) is 53.4 Å². The number of rotatable bonds is 5. The molecule has 1 aromatic rings. The van der Waals surface area contributed by atoms with Crippen molar-refractivity contribution in [3.63, 3.8) is 0 Å². The highest BCUT2D eigenvalue weighted by Crippen LogP contribution is 2.66. The van der Waals surface area contributed by atoms with E-state index in [9.17, 15) is 9.90 Å². The van der Waals surface area contributed by atoms with Crippen LogP contribution in [0.2, 0.25) is 0 Å². The van der Waals surface area contributed by atoms with E-state index in [1.54, 1.807) is 0 Å². The van der Waals surface area contributed by atoms with Crippen LogP contribution < -0.4 is 0 Å². The number of benzene rings is 1. The second kappa shape index (κ2) is 6.35. The number of aliphatic hydroxyl groups is 1. The molecule has 0 bridgehead atoms. The third-order valence-electron chi connectivity index (χ3n) is 7.95. The molecule has 0 amide bonds. The lowest BCUT2D eigenvalue weighted by Crippen LogP contribution is -2.79. The maximum absolute atomic E-state index is 12.8. The van der Waals surface area contributed by atoms with Crippen molar-refractivity contribution in [3.8, 4) is 0 Å². The third kappa shape index (κ3) is 2.38. The first kappa shape index (κ1) is 18.0. The van der Waals surface area contributed by atoms with Gasteiger partial charge < -0.3 is 14.3 Å². The summed E-state index contributed by atoms with van der Waals surface area (Å²) in [7, 11) is 2.41. The molecule has 1 aromatic carbocycles. The highest BCUT2D eigenvalue weighted by molar-refractivity contribution is 5.78. The van der Waals surface area contributed by atoms with Gasteiger partial charge in [-0.25, -0.2) is 0 Å². The molecular formula is C22H32NO3+. The summed E-state index contributed by atoms with van der Waals surface area (Å²) < 4.78 is 7.12. The Balaban J connectivity index is 1.48.